The lowest BCUT2D eigenvalue weighted by Gasteiger charge is -2.21. The minimum Gasteiger partial charge on any atom is -0.480 e. The van der Waals surface area contributed by atoms with Gasteiger partial charge in [0.15, 0.2) is 0 Å². The minimum atomic E-state index is -0.915. The topological polar surface area (TPSA) is 66.4 Å². The summed E-state index contributed by atoms with van der Waals surface area (Å²) in [4.78, 5) is 22.5. The van der Waals surface area contributed by atoms with Crippen molar-refractivity contribution in [3.8, 4) is 0 Å². The molecule has 0 aromatic rings. The monoisotopic (exact) mass is 313 g/mol. The van der Waals surface area contributed by atoms with E-state index in [1.54, 1.807) is 0 Å². The van der Waals surface area contributed by atoms with E-state index in [-0.39, 0.29) is 5.91 Å². The fourth-order valence-electron chi connectivity index (χ4n) is 2.90. The minimum absolute atomic E-state index is 0.261. The molecule has 0 aromatic heterocycles. The van der Waals surface area contributed by atoms with Crippen molar-refractivity contribution in [1.29, 1.82) is 0 Å². The Kier molecular flexibility index (Phi) is 12.9. The van der Waals surface area contributed by atoms with Gasteiger partial charge in [0.25, 0.3) is 0 Å². The molecular weight excluding hydrogens is 278 g/mol. The SMILES string of the molecule is CCCCCCC(CCCCCC)C[C@H](NC(C)=O)C(=O)O. The van der Waals surface area contributed by atoms with Crippen molar-refractivity contribution in [2.75, 3.05) is 0 Å². The van der Waals surface area contributed by atoms with E-state index in [1.165, 1.54) is 58.3 Å². The summed E-state index contributed by atoms with van der Waals surface area (Å²) < 4.78 is 0. The van der Waals surface area contributed by atoms with Gasteiger partial charge in [-0.15, -0.1) is 0 Å². The number of hydrogen-bond acceptors (Lipinski definition) is 2. The van der Waals surface area contributed by atoms with Gasteiger partial charge in [-0.05, 0) is 12.3 Å². The van der Waals surface area contributed by atoms with E-state index in [1.807, 2.05) is 0 Å². The Morgan fingerprint density at radius 3 is 1.77 bits per heavy atom. The van der Waals surface area contributed by atoms with Crippen LogP contribution >= 0.6 is 0 Å². The predicted octanol–water partition coefficient (Wildman–Crippen LogP) is 4.52. The fraction of sp³-hybridized carbons (Fsp3) is 0.889. The van der Waals surface area contributed by atoms with Gasteiger partial charge in [0.05, 0.1) is 0 Å². The number of unbranched alkanes of at least 4 members (excludes halogenated alkanes) is 6. The summed E-state index contributed by atoms with van der Waals surface area (Å²) in [6.07, 6.45) is 12.4. The number of carboxylic acid groups (broad SMARTS) is 1. The van der Waals surface area contributed by atoms with Gasteiger partial charge in [-0.2, -0.15) is 0 Å². The van der Waals surface area contributed by atoms with Crippen LogP contribution in [0.15, 0.2) is 0 Å². The Balaban J connectivity index is 4.37. The lowest BCUT2D eigenvalue weighted by atomic mass is 9.89. The molecule has 0 bridgehead atoms. The molecule has 0 saturated heterocycles. The van der Waals surface area contributed by atoms with Crippen LogP contribution in [0.2, 0.25) is 0 Å². The molecular formula is C18H35NO3. The Bertz CT molecular complexity index is 293. The molecule has 0 aliphatic rings. The first kappa shape index (κ1) is 20.9. The van der Waals surface area contributed by atoms with Crippen LogP contribution in [-0.4, -0.2) is 23.0 Å². The van der Waals surface area contributed by atoms with Gasteiger partial charge >= 0.3 is 5.97 Å². The smallest absolute Gasteiger partial charge is 0.326 e. The summed E-state index contributed by atoms with van der Waals surface area (Å²) in [6, 6.07) is -0.736. The average molecular weight is 313 g/mol. The molecule has 1 amide bonds. The van der Waals surface area contributed by atoms with E-state index in [4.69, 9.17) is 0 Å². The zero-order valence-electron chi connectivity index (χ0n) is 14.7. The molecule has 22 heavy (non-hydrogen) atoms. The third-order valence-electron chi connectivity index (χ3n) is 4.18. The number of carbonyl (C=O) groups excluding carboxylic acids is 1. The predicted molar refractivity (Wildman–Crippen MR) is 90.9 cm³/mol. The molecule has 0 radical (unpaired) electrons. The van der Waals surface area contributed by atoms with Crippen LogP contribution in [0.1, 0.15) is 91.4 Å². The molecule has 0 aromatic carbocycles. The molecule has 0 aliphatic heterocycles. The molecule has 0 rings (SSSR count). The number of carbonyl (C=O) groups is 2. The summed E-state index contributed by atoms with van der Waals surface area (Å²) in [5.41, 5.74) is 0. The van der Waals surface area contributed by atoms with Crippen molar-refractivity contribution >= 4 is 11.9 Å². The van der Waals surface area contributed by atoms with E-state index < -0.39 is 12.0 Å². The Labute approximate surface area is 136 Å². The van der Waals surface area contributed by atoms with Crippen molar-refractivity contribution in [1.82, 2.24) is 5.32 Å². The van der Waals surface area contributed by atoms with Crippen LogP contribution in [0.25, 0.3) is 0 Å². The first-order valence-electron chi connectivity index (χ1n) is 9.01. The zero-order valence-corrected chi connectivity index (χ0v) is 14.7. The third kappa shape index (κ3) is 11.6. The highest BCUT2D eigenvalue weighted by molar-refractivity contribution is 5.82. The van der Waals surface area contributed by atoms with Gasteiger partial charge in [0.1, 0.15) is 6.04 Å². The standard InChI is InChI=1S/C18H35NO3/c1-4-6-8-10-12-16(13-11-9-7-5-2)14-17(18(21)22)19-15(3)20/h16-17H,4-14H2,1-3H3,(H,19,20)(H,21,22)/t17-/m0/s1. The summed E-state index contributed by atoms with van der Waals surface area (Å²) in [7, 11) is 0. The van der Waals surface area contributed by atoms with Crippen LogP contribution < -0.4 is 5.32 Å². The number of amides is 1. The lowest BCUT2D eigenvalue weighted by molar-refractivity contribution is -0.142. The summed E-state index contributed by atoms with van der Waals surface area (Å²) >= 11 is 0. The maximum atomic E-state index is 11.3. The van der Waals surface area contributed by atoms with E-state index in [0.29, 0.717) is 12.3 Å². The number of aliphatic carboxylic acids is 1. The van der Waals surface area contributed by atoms with Crippen LogP contribution in [0.5, 0.6) is 0 Å². The Hall–Kier alpha value is -1.06. The molecule has 0 aliphatic carbocycles. The molecule has 4 heteroatoms. The second kappa shape index (κ2) is 13.6. The molecule has 0 fully saturated rings. The van der Waals surface area contributed by atoms with Gasteiger partial charge in [0, 0.05) is 6.92 Å². The van der Waals surface area contributed by atoms with Crippen LogP contribution in [-0.2, 0) is 9.59 Å². The van der Waals surface area contributed by atoms with E-state index in [2.05, 4.69) is 19.2 Å². The van der Waals surface area contributed by atoms with E-state index >= 15 is 0 Å². The van der Waals surface area contributed by atoms with Crippen molar-refractivity contribution in [3.05, 3.63) is 0 Å². The quantitative estimate of drug-likeness (QED) is 0.463. The Morgan fingerprint density at radius 1 is 0.909 bits per heavy atom. The summed E-state index contributed by atoms with van der Waals surface area (Å²) in [6.45, 7) is 5.77. The number of nitrogens with one attached hydrogen (secondary N) is 1. The molecule has 1 atom stereocenters. The van der Waals surface area contributed by atoms with Crippen LogP contribution in [0.3, 0.4) is 0 Å². The number of rotatable bonds is 14. The average Bonchev–Trinajstić information content (AvgIpc) is 2.46. The molecule has 0 saturated carbocycles. The van der Waals surface area contributed by atoms with Crippen molar-refractivity contribution in [2.24, 2.45) is 5.92 Å². The van der Waals surface area contributed by atoms with Gasteiger partial charge in [-0.25, -0.2) is 4.79 Å². The van der Waals surface area contributed by atoms with Gasteiger partial charge in [-0.3, -0.25) is 4.79 Å². The molecule has 130 valence electrons. The van der Waals surface area contributed by atoms with Crippen LogP contribution in [0, 0.1) is 5.92 Å². The number of hydrogen-bond donors (Lipinski definition) is 2. The highest BCUT2D eigenvalue weighted by Crippen LogP contribution is 2.23. The molecule has 4 nitrogen and oxygen atoms in total. The summed E-state index contributed by atoms with van der Waals surface area (Å²) in [5.74, 6) is -0.771. The molecule has 0 spiro atoms. The molecule has 2 N–H and O–H groups in total. The first-order valence-corrected chi connectivity index (χ1v) is 9.01. The number of carboxylic acids is 1. The zero-order chi connectivity index (χ0) is 16.8. The maximum absolute atomic E-state index is 11.3. The van der Waals surface area contributed by atoms with Gasteiger partial charge in [0.2, 0.25) is 5.91 Å². The highest BCUT2D eigenvalue weighted by Gasteiger charge is 2.22. The summed E-state index contributed by atoms with van der Waals surface area (Å²) in [5, 5.41) is 11.9. The highest BCUT2D eigenvalue weighted by atomic mass is 16.4. The third-order valence-corrected chi connectivity index (χ3v) is 4.18. The fourth-order valence-corrected chi connectivity index (χ4v) is 2.90. The Morgan fingerprint density at radius 2 is 1.41 bits per heavy atom. The normalized spacial score (nSPS) is 12.4. The van der Waals surface area contributed by atoms with Crippen molar-refractivity contribution in [3.63, 3.8) is 0 Å². The first-order chi connectivity index (χ1) is 10.5. The van der Waals surface area contributed by atoms with Gasteiger partial charge < -0.3 is 10.4 Å². The van der Waals surface area contributed by atoms with Crippen molar-refractivity contribution in [2.45, 2.75) is 97.4 Å². The van der Waals surface area contributed by atoms with Crippen LogP contribution in [0.4, 0.5) is 0 Å². The van der Waals surface area contributed by atoms with Crippen molar-refractivity contribution < 1.29 is 14.7 Å². The second-order valence-electron chi connectivity index (χ2n) is 6.39. The van der Waals surface area contributed by atoms with E-state index in [0.717, 1.165) is 12.8 Å². The van der Waals surface area contributed by atoms with E-state index in [9.17, 15) is 14.7 Å². The largest absolute Gasteiger partial charge is 0.480 e. The van der Waals surface area contributed by atoms with Gasteiger partial charge in [-0.1, -0.05) is 78.1 Å². The maximum Gasteiger partial charge on any atom is 0.326 e. The molecule has 0 unspecified atom stereocenters. The lowest BCUT2D eigenvalue weighted by Crippen LogP contribution is -2.41. The molecule has 0 heterocycles. The second-order valence-corrected chi connectivity index (χ2v) is 6.39.